The summed E-state index contributed by atoms with van der Waals surface area (Å²) < 4.78 is 27.3. The molecule has 116 valence electrons. The molecule has 1 heterocycles. The maximum Gasteiger partial charge on any atom is 0.249 e. The van der Waals surface area contributed by atoms with Gasteiger partial charge in [-0.05, 0) is 25.5 Å². The number of para-hydroxylation sites is 1. The molecule has 1 aromatic carbocycles. The van der Waals surface area contributed by atoms with Crippen molar-refractivity contribution in [2.45, 2.75) is 25.4 Å². The molecule has 1 aliphatic rings. The minimum absolute atomic E-state index is 0. The van der Waals surface area contributed by atoms with Crippen LogP contribution < -0.4 is 16.0 Å². The van der Waals surface area contributed by atoms with Crippen molar-refractivity contribution in [1.82, 2.24) is 5.32 Å². The molecule has 0 radical (unpaired) electrons. The zero-order valence-corrected chi connectivity index (χ0v) is 12.1. The highest BCUT2D eigenvalue weighted by atomic mass is 35.5. The zero-order chi connectivity index (χ0) is 14.9. The highest BCUT2D eigenvalue weighted by Gasteiger charge is 2.36. The van der Waals surface area contributed by atoms with Crippen LogP contribution in [0.15, 0.2) is 18.2 Å². The summed E-state index contributed by atoms with van der Waals surface area (Å²) in [6.45, 7) is 1.63. The molecule has 0 spiro atoms. The van der Waals surface area contributed by atoms with E-state index in [-0.39, 0.29) is 31.1 Å². The number of benzene rings is 1. The van der Waals surface area contributed by atoms with Crippen LogP contribution in [0.3, 0.4) is 0 Å². The lowest BCUT2D eigenvalue weighted by molar-refractivity contribution is -0.127. The number of nitrogens with two attached hydrogens (primary N) is 1. The van der Waals surface area contributed by atoms with Crippen LogP contribution in [0.2, 0.25) is 0 Å². The fraction of sp³-hybridized carbons (Fsp3) is 0.385. The number of hydrogen-bond donors (Lipinski definition) is 2. The Kier molecular flexibility index (Phi) is 5.62. The quantitative estimate of drug-likeness (QED) is 0.871. The van der Waals surface area contributed by atoms with E-state index in [2.05, 4.69) is 5.32 Å². The molecular formula is C13H16ClF2N3O2. The summed E-state index contributed by atoms with van der Waals surface area (Å²) in [7, 11) is 0. The third kappa shape index (κ3) is 3.48. The van der Waals surface area contributed by atoms with Gasteiger partial charge in [-0.2, -0.15) is 0 Å². The zero-order valence-electron chi connectivity index (χ0n) is 11.3. The third-order valence-electron chi connectivity index (χ3n) is 3.14. The van der Waals surface area contributed by atoms with Crippen LogP contribution in [0, 0.1) is 11.6 Å². The Labute approximate surface area is 126 Å². The molecule has 1 saturated heterocycles. The first-order valence-corrected chi connectivity index (χ1v) is 6.23. The highest BCUT2D eigenvalue weighted by molar-refractivity contribution is 6.01. The molecule has 21 heavy (non-hydrogen) atoms. The van der Waals surface area contributed by atoms with Gasteiger partial charge in [0.25, 0.3) is 0 Å². The van der Waals surface area contributed by atoms with Crippen molar-refractivity contribution in [2.75, 3.05) is 11.4 Å². The van der Waals surface area contributed by atoms with E-state index in [1.54, 1.807) is 0 Å². The molecule has 1 fully saturated rings. The first kappa shape index (κ1) is 17.3. The monoisotopic (exact) mass is 319 g/mol. The molecule has 3 N–H and O–H groups in total. The summed E-state index contributed by atoms with van der Waals surface area (Å²) in [5.74, 6) is -2.63. The Morgan fingerprint density at radius 3 is 2.52 bits per heavy atom. The molecular weight excluding hydrogens is 304 g/mol. The second-order valence-electron chi connectivity index (χ2n) is 4.70. The van der Waals surface area contributed by atoms with Crippen molar-refractivity contribution < 1.29 is 18.4 Å². The van der Waals surface area contributed by atoms with Crippen LogP contribution in [0.1, 0.15) is 13.3 Å². The van der Waals surface area contributed by atoms with Gasteiger partial charge in [0.1, 0.15) is 23.4 Å². The van der Waals surface area contributed by atoms with E-state index in [0.717, 1.165) is 17.0 Å². The molecule has 0 aliphatic carbocycles. The summed E-state index contributed by atoms with van der Waals surface area (Å²) in [6, 6.07) is 1.85. The second-order valence-corrected chi connectivity index (χ2v) is 4.70. The molecule has 8 heteroatoms. The lowest BCUT2D eigenvalue weighted by Crippen LogP contribution is -2.47. The molecule has 2 atom stereocenters. The van der Waals surface area contributed by atoms with E-state index in [0.29, 0.717) is 0 Å². The van der Waals surface area contributed by atoms with Gasteiger partial charge in [0.05, 0.1) is 6.04 Å². The van der Waals surface area contributed by atoms with E-state index in [1.165, 1.54) is 13.0 Å². The number of nitrogens with one attached hydrogen (secondary N) is 1. The Hall–Kier alpha value is -1.73. The summed E-state index contributed by atoms with van der Waals surface area (Å²) >= 11 is 0. The standard InChI is InChI=1S/C13H15F2N3O2.ClH/c1-7(16)12(19)17-10-5-6-18(13(10)20)11-8(14)3-2-4-9(11)15;/h2-4,7,10H,5-6,16H2,1H3,(H,17,19);1H/t7-,10?;/m0./s1. The van der Waals surface area contributed by atoms with Crippen LogP contribution in [-0.2, 0) is 9.59 Å². The van der Waals surface area contributed by atoms with Gasteiger partial charge < -0.3 is 16.0 Å². The van der Waals surface area contributed by atoms with E-state index >= 15 is 0 Å². The Bertz CT molecular complexity index is 534. The number of carbonyl (C=O) groups excluding carboxylic acids is 2. The van der Waals surface area contributed by atoms with E-state index in [4.69, 9.17) is 5.73 Å². The normalized spacial score (nSPS) is 19.1. The molecule has 5 nitrogen and oxygen atoms in total. The van der Waals surface area contributed by atoms with Crippen molar-refractivity contribution in [3.63, 3.8) is 0 Å². The fourth-order valence-electron chi connectivity index (χ4n) is 2.09. The second kappa shape index (κ2) is 6.82. The van der Waals surface area contributed by atoms with Gasteiger partial charge in [0, 0.05) is 6.54 Å². The number of halogens is 3. The average molecular weight is 320 g/mol. The molecule has 1 aliphatic heterocycles. The fourth-order valence-corrected chi connectivity index (χ4v) is 2.09. The number of amides is 2. The largest absolute Gasteiger partial charge is 0.343 e. The van der Waals surface area contributed by atoms with Gasteiger partial charge in [-0.15, -0.1) is 12.4 Å². The third-order valence-corrected chi connectivity index (χ3v) is 3.14. The van der Waals surface area contributed by atoms with Gasteiger partial charge in [-0.3, -0.25) is 9.59 Å². The van der Waals surface area contributed by atoms with Gasteiger partial charge in [0.2, 0.25) is 11.8 Å². The first-order chi connectivity index (χ1) is 9.41. The van der Waals surface area contributed by atoms with Crippen LogP contribution in [0.4, 0.5) is 14.5 Å². The molecule has 1 unspecified atom stereocenters. The van der Waals surface area contributed by atoms with Crippen LogP contribution in [0.5, 0.6) is 0 Å². The van der Waals surface area contributed by atoms with Crippen molar-refractivity contribution in [3.05, 3.63) is 29.8 Å². The number of carbonyl (C=O) groups is 2. The molecule has 2 amide bonds. The maximum atomic E-state index is 13.7. The molecule has 2 rings (SSSR count). The van der Waals surface area contributed by atoms with Gasteiger partial charge >= 0.3 is 0 Å². The van der Waals surface area contributed by atoms with Crippen molar-refractivity contribution in [1.29, 1.82) is 0 Å². The molecule has 1 aromatic rings. The first-order valence-electron chi connectivity index (χ1n) is 6.23. The Morgan fingerprint density at radius 2 is 2.00 bits per heavy atom. The Morgan fingerprint density at radius 1 is 1.43 bits per heavy atom. The van der Waals surface area contributed by atoms with Gasteiger partial charge in [0.15, 0.2) is 0 Å². The van der Waals surface area contributed by atoms with E-state index in [9.17, 15) is 18.4 Å². The SMILES string of the molecule is C[C@H](N)C(=O)NC1CCN(c2c(F)cccc2F)C1=O.Cl. The number of rotatable bonds is 3. The number of nitrogens with zero attached hydrogens (tertiary/aromatic N) is 1. The highest BCUT2D eigenvalue weighted by Crippen LogP contribution is 2.27. The van der Waals surface area contributed by atoms with Crippen molar-refractivity contribution in [3.8, 4) is 0 Å². The minimum Gasteiger partial charge on any atom is -0.343 e. The van der Waals surface area contributed by atoms with Crippen molar-refractivity contribution in [2.24, 2.45) is 5.73 Å². The lowest BCUT2D eigenvalue weighted by Gasteiger charge is -2.18. The summed E-state index contributed by atoms with van der Waals surface area (Å²) in [5.41, 5.74) is 5.02. The van der Waals surface area contributed by atoms with Crippen molar-refractivity contribution >= 4 is 29.9 Å². The molecule has 0 aromatic heterocycles. The maximum absolute atomic E-state index is 13.7. The summed E-state index contributed by atoms with van der Waals surface area (Å²) in [6.07, 6.45) is 0.283. The van der Waals surface area contributed by atoms with Gasteiger partial charge in [-0.1, -0.05) is 6.07 Å². The van der Waals surface area contributed by atoms with Crippen LogP contribution >= 0.6 is 12.4 Å². The van der Waals surface area contributed by atoms with Crippen LogP contribution in [0.25, 0.3) is 0 Å². The molecule has 0 saturated carbocycles. The van der Waals surface area contributed by atoms with Gasteiger partial charge in [-0.25, -0.2) is 8.78 Å². The predicted molar refractivity (Wildman–Crippen MR) is 76.2 cm³/mol. The predicted octanol–water partition coefficient (Wildman–Crippen LogP) is 0.955. The smallest absolute Gasteiger partial charge is 0.249 e. The number of hydrogen-bond acceptors (Lipinski definition) is 3. The summed E-state index contributed by atoms with van der Waals surface area (Å²) in [5, 5.41) is 2.47. The van der Waals surface area contributed by atoms with E-state index < -0.39 is 35.5 Å². The molecule has 0 bridgehead atoms. The topological polar surface area (TPSA) is 75.4 Å². The Balaban J connectivity index is 0.00000220. The summed E-state index contributed by atoms with van der Waals surface area (Å²) in [4.78, 5) is 24.6. The average Bonchev–Trinajstić information content (AvgIpc) is 2.71. The van der Waals surface area contributed by atoms with E-state index in [1.807, 2.05) is 0 Å². The van der Waals surface area contributed by atoms with Crippen LogP contribution in [-0.4, -0.2) is 30.4 Å². The number of anilines is 1. The lowest BCUT2D eigenvalue weighted by atomic mass is 10.2. The minimum atomic E-state index is -0.808.